The lowest BCUT2D eigenvalue weighted by atomic mass is 10.0. The van der Waals surface area contributed by atoms with Crippen LogP contribution in [-0.4, -0.2) is 19.7 Å². The number of hydrogen-bond acceptors (Lipinski definition) is 5. The van der Waals surface area contributed by atoms with Crippen LogP contribution in [0.1, 0.15) is 16.7 Å². The molecule has 0 radical (unpaired) electrons. The van der Waals surface area contributed by atoms with Crippen LogP contribution in [0.2, 0.25) is 0 Å². The number of allylic oxidation sites excluding steroid dienone is 1. The first-order valence-corrected chi connectivity index (χ1v) is 7.08. The van der Waals surface area contributed by atoms with Crippen molar-refractivity contribution in [3.8, 4) is 17.9 Å². The smallest absolute Gasteiger partial charge is 0.343 e. The van der Waals surface area contributed by atoms with E-state index in [1.807, 2.05) is 0 Å². The average molecular weight is 318 g/mol. The summed E-state index contributed by atoms with van der Waals surface area (Å²) in [6.45, 7) is -0.157. The molecule has 118 valence electrons. The molecule has 0 saturated heterocycles. The molecule has 0 fully saturated rings. The number of esters is 1. The first-order valence-electron chi connectivity index (χ1n) is 7.08. The van der Waals surface area contributed by atoms with Crippen LogP contribution in [-0.2, 0) is 9.53 Å². The zero-order valence-corrected chi connectivity index (χ0v) is 13.0. The number of ether oxygens (including phenoxy) is 2. The normalized spacial score (nSPS) is 10.4. The minimum atomic E-state index is -0.455. The quantitative estimate of drug-likeness (QED) is 0.480. The van der Waals surface area contributed by atoms with Crippen molar-refractivity contribution >= 4 is 17.6 Å². The predicted molar refractivity (Wildman–Crippen MR) is 88.6 cm³/mol. The maximum absolute atomic E-state index is 11.0. The van der Waals surface area contributed by atoms with Crippen molar-refractivity contribution in [1.29, 1.82) is 10.5 Å². The maximum atomic E-state index is 11.0. The molecule has 0 spiro atoms. The largest absolute Gasteiger partial charge is 0.482 e. The molecule has 5 heteroatoms. The number of rotatable bonds is 5. The van der Waals surface area contributed by atoms with Gasteiger partial charge in [0.1, 0.15) is 5.75 Å². The Morgan fingerprint density at radius 3 is 2.54 bits per heavy atom. The van der Waals surface area contributed by atoms with Crippen LogP contribution in [0.5, 0.6) is 5.75 Å². The van der Waals surface area contributed by atoms with Gasteiger partial charge in [0.15, 0.2) is 6.61 Å². The second kappa shape index (κ2) is 8.17. The Morgan fingerprint density at radius 1 is 1.17 bits per heavy atom. The number of hydrogen-bond donors (Lipinski definition) is 0. The summed E-state index contributed by atoms with van der Waals surface area (Å²) in [7, 11) is 1.30. The number of methoxy groups -OCH3 is 1. The fourth-order valence-electron chi connectivity index (χ4n) is 1.96. The van der Waals surface area contributed by atoms with Gasteiger partial charge >= 0.3 is 5.97 Å². The minimum Gasteiger partial charge on any atom is -0.482 e. The van der Waals surface area contributed by atoms with E-state index in [1.54, 1.807) is 54.6 Å². The highest BCUT2D eigenvalue weighted by Crippen LogP contribution is 2.20. The first kappa shape index (κ1) is 16.8. The molecular formula is C19H14N2O3. The van der Waals surface area contributed by atoms with E-state index in [0.29, 0.717) is 22.4 Å². The van der Waals surface area contributed by atoms with E-state index in [1.165, 1.54) is 7.11 Å². The van der Waals surface area contributed by atoms with Gasteiger partial charge in [-0.2, -0.15) is 10.5 Å². The fraction of sp³-hybridized carbons (Fsp3) is 0.105. The van der Waals surface area contributed by atoms with Crippen LogP contribution < -0.4 is 4.74 Å². The molecule has 2 aromatic carbocycles. The molecule has 0 aliphatic rings. The monoisotopic (exact) mass is 318 g/mol. The van der Waals surface area contributed by atoms with E-state index in [4.69, 9.17) is 10.00 Å². The van der Waals surface area contributed by atoms with Gasteiger partial charge in [-0.1, -0.05) is 24.3 Å². The summed E-state index contributed by atoms with van der Waals surface area (Å²) < 4.78 is 9.76. The zero-order chi connectivity index (χ0) is 17.4. The second-order valence-electron chi connectivity index (χ2n) is 4.80. The molecule has 0 saturated carbocycles. The number of carbonyl (C=O) groups excluding carboxylic acids is 1. The average Bonchev–Trinajstić information content (AvgIpc) is 2.65. The number of benzene rings is 2. The molecular weight excluding hydrogens is 304 g/mol. The van der Waals surface area contributed by atoms with Gasteiger partial charge in [-0.25, -0.2) is 4.79 Å². The summed E-state index contributed by atoms with van der Waals surface area (Å²) in [4.78, 5) is 11.0. The topological polar surface area (TPSA) is 83.1 Å². The van der Waals surface area contributed by atoms with E-state index in [0.717, 1.165) is 5.56 Å². The summed E-state index contributed by atoms with van der Waals surface area (Å²) in [6.07, 6.45) is 1.72. The van der Waals surface area contributed by atoms with E-state index >= 15 is 0 Å². The van der Waals surface area contributed by atoms with Crippen molar-refractivity contribution < 1.29 is 14.3 Å². The molecule has 5 nitrogen and oxygen atoms in total. The number of nitriles is 2. The molecule has 0 amide bonds. The van der Waals surface area contributed by atoms with E-state index in [9.17, 15) is 10.1 Å². The van der Waals surface area contributed by atoms with Crippen molar-refractivity contribution in [3.63, 3.8) is 0 Å². The fourth-order valence-corrected chi connectivity index (χ4v) is 1.96. The highest BCUT2D eigenvalue weighted by atomic mass is 16.6. The third-order valence-electron chi connectivity index (χ3n) is 3.20. The Morgan fingerprint density at radius 2 is 1.92 bits per heavy atom. The maximum Gasteiger partial charge on any atom is 0.343 e. The highest BCUT2D eigenvalue weighted by Gasteiger charge is 2.04. The second-order valence-corrected chi connectivity index (χ2v) is 4.80. The molecule has 2 aromatic rings. The summed E-state index contributed by atoms with van der Waals surface area (Å²) in [6, 6.07) is 18.0. The van der Waals surface area contributed by atoms with Crippen molar-refractivity contribution in [2.75, 3.05) is 13.7 Å². The molecule has 0 atom stereocenters. The summed E-state index contributed by atoms with van der Waals surface area (Å²) >= 11 is 0. The SMILES string of the molecule is COC(=O)COc1ccc(/C=C(/C#N)c2cccc(C#N)c2)cc1. The molecule has 0 bridgehead atoms. The molecule has 0 unspecified atom stereocenters. The van der Waals surface area contributed by atoms with E-state index in [2.05, 4.69) is 16.9 Å². The zero-order valence-electron chi connectivity index (χ0n) is 13.0. The van der Waals surface area contributed by atoms with Gasteiger partial charge in [-0.15, -0.1) is 0 Å². The minimum absolute atomic E-state index is 0.157. The third kappa shape index (κ3) is 4.46. The van der Waals surface area contributed by atoms with Gasteiger partial charge in [-0.3, -0.25) is 0 Å². The third-order valence-corrected chi connectivity index (χ3v) is 3.20. The lowest BCUT2D eigenvalue weighted by molar-refractivity contribution is -0.142. The van der Waals surface area contributed by atoms with Crippen molar-refractivity contribution in [2.24, 2.45) is 0 Å². The van der Waals surface area contributed by atoms with Crippen LogP contribution in [0.3, 0.4) is 0 Å². The van der Waals surface area contributed by atoms with Gasteiger partial charge in [0.25, 0.3) is 0 Å². The first-order chi connectivity index (χ1) is 11.7. The summed E-state index contributed by atoms with van der Waals surface area (Å²) in [5, 5.41) is 18.3. The van der Waals surface area contributed by atoms with Crippen LogP contribution in [0.25, 0.3) is 11.6 Å². The highest BCUT2D eigenvalue weighted by molar-refractivity contribution is 5.89. The van der Waals surface area contributed by atoms with Gasteiger partial charge in [0, 0.05) is 0 Å². The Hall–Kier alpha value is -3.57. The van der Waals surface area contributed by atoms with Crippen molar-refractivity contribution in [1.82, 2.24) is 0 Å². The predicted octanol–water partition coefficient (Wildman–Crippen LogP) is 3.17. The van der Waals surface area contributed by atoms with E-state index in [-0.39, 0.29) is 6.61 Å². The molecule has 0 aromatic heterocycles. The van der Waals surface area contributed by atoms with Gasteiger partial charge in [-0.05, 0) is 41.5 Å². The Kier molecular flexibility index (Phi) is 5.71. The molecule has 24 heavy (non-hydrogen) atoms. The van der Waals surface area contributed by atoms with Gasteiger partial charge in [0.05, 0.1) is 30.4 Å². The van der Waals surface area contributed by atoms with Gasteiger partial charge in [0.2, 0.25) is 0 Å². The van der Waals surface area contributed by atoms with Gasteiger partial charge < -0.3 is 9.47 Å². The van der Waals surface area contributed by atoms with E-state index < -0.39 is 5.97 Å². The molecule has 0 heterocycles. The Bertz CT molecular complexity index is 840. The van der Waals surface area contributed by atoms with Crippen LogP contribution in [0.15, 0.2) is 48.5 Å². The number of carbonyl (C=O) groups is 1. The molecule has 0 N–H and O–H groups in total. The Balaban J connectivity index is 2.18. The Labute approximate surface area is 140 Å². The summed E-state index contributed by atoms with van der Waals surface area (Å²) in [5.41, 5.74) is 2.44. The van der Waals surface area contributed by atoms with Crippen LogP contribution in [0.4, 0.5) is 0 Å². The molecule has 0 aliphatic carbocycles. The lowest BCUT2D eigenvalue weighted by Crippen LogP contribution is -2.12. The van der Waals surface area contributed by atoms with Crippen molar-refractivity contribution in [3.05, 3.63) is 65.2 Å². The molecule has 0 aliphatic heterocycles. The molecule has 2 rings (SSSR count). The van der Waals surface area contributed by atoms with Crippen LogP contribution >= 0.6 is 0 Å². The number of nitrogens with zero attached hydrogens (tertiary/aromatic N) is 2. The van der Waals surface area contributed by atoms with Crippen LogP contribution in [0, 0.1) is 22.7 Å². The standard InChI is InChI=1S/C19H14N2O3/c1-23-19(22)13-24-18-7-5-14(6-8-18)9-17(12-21)16-4-2-3-15(10-16)11-20/h2-10H,13H2,1H3/b17-9-. The van der Waals surface area contributed by atoms with Crippen molar-refractivity contribution in [2.45, 2.75) is 0 Å². The lowest BCUT2D eigenvalue weighted by Gasteiger charge is -2.05. The summed E-state index contributed by atoms with van der Waals surface area (Å²) in [5.74, 6) is 0.0747.